The SMILES string of the molecule is COCC=C(NC(C)=O)C(=O)OC. The number of amides is 1. The van der Waals surface area contributed by atoms with Crippen LogP contribution in [-0.2, 0) is 19.1 Å². The van der Waals surface area contributed by atoms with Crippen molar-refractivity contribution >= 4 is 11.9 Å². The van der Waals surface area contributed by atoms with Gasteiger partial charge in [0.05, 0.1) is 13.7 Å². The lowest BCUT2D eigenvalue weighted by atomic mass is 10.4. The summed E-state index contributed by atoms with van der Waals surface area (Å²) in [5, 5.41) is 2.33. The first-order chi connectivity index (χ1) is 6.11. The Hall–Kier alpha value is -1.36. The Bertz CT molecular complexity index is 222. The van der Waals surface area contributed by atoms with Crippen molar-refractivity contribution in [3.05, 3.63) is 11.8 Å². The molecule has 0 aromatic rings. The molecule has 0 unspecified atom stereocenters. The van der Waals surface area contributed by atoms with Crippen LogP contribution >= 0.6 is 0 Å². The molecule has 0 aromatic heterocycles. The Labute approximate surface area is 76.7 Å². The molecule has 5 nitrogen and oxygen atoms in total. The molecule has 0 aliphatic carbocycles. The van der Waals surface area contributed by atoms with E-state index in [0.29, 0.717) is 0 Å². The molecule has 0 radical (unpaired) electrons. The van der Waals surface area contributed by atoms with Crippen molar-refractivity contribution in [1.82, 2.24) is 5.32 Å². The zero-order valence-corrected chi connectivity index (χ0v) is 7.92. The first-order valence-electron chi connectivity index (χ1n) is 3.66. The molecular weight excluding hydrogens is 174 g/mol. The van der Waals surface area contributed by atoms with Crippen molar-refractivity contribution < 1.29 is 19.1 Å². The van der Waals surface area contributed by atoms with Gasteiger partial charge in [0, 0.05) is 14.0 Å². The lowest BCUT2D eigenvalue weighted by Gasteiger charge is -2.04. The van der Waals surface area contributed by atoms with Crippen LogP contribution in [0.15, 0.2) is 11.8 Å². The summed E-state index contributed by atoms with van der Waals surface area (Å²) in [6.07, 6.45) is 1.44. The fourth-order valence-corrected chi connectivity index (χ4v) is 0.652. The fourth-order valence-electron chi connectivity index (χ4n) is 0.652. The number of rotatable bonds is 4. The van der Waals surface area contributed by atoms with Crippen molar-refractivity contribution in [2.45, 2.75) is 6.92 Å². The molecule has 0 spiro atoms. The highest BCUT2D eigenvalue weighted by Crippen LogP contribution is 1.92. The van der Waals surface area contributed by atoms with Gasteiger partial charge in [-0.15, -0.1) is 0 Å². The van der Waals surface area contributed by atoms with E-state index in [1.165, 1.54) is 27.2 Å². The van der Waals surface area contributed by atoms with Crippen LogP contribution in [0.25, 0.3) is 0 Å². The van der Waals surface area contributed by atoms with Gasteiger partial charge in [0.1, 0.15) is 5.70 Å². The predicted octanol–water partition coefficient (Wildman–Crippen LogP) is -0.174. The number of nitrogens with one attached hydrogen (secondary N) is 1. The van der Waals surface area contributed by atoms with Crippen molar-refractivity contribution in [1.29, 1.82) is 0 Å². The summed E-state index contributed by atoms with van der Waals surface area (Å²) in [5.41, 5.74) is 0.0943. The number of carbonyl (C=O) groups is 2. The Morgan fingerprint density at radius 3 is 2.38 bits per heavy atom. The highest BCUT2D eigenvalue weighted by atomic mass is 16.5. The molecule has 0 bridgehead atoms. The number of esters is 1. The van der Waals surface area contributed by atoms with Gasteiger partial charge in [-0.05, 0) is 6.08 Å². The van der Waals surface area contributed by atoms with Gasteiger partial charge in [-0.1, -0.05) is 0 Å². The zero-order valence-electron chi connectivity index (χ0n) is 7.92. The van der Waals surface area contributed by atoms with Gasteiger partial charge in [0.15, 0.2) is 0 Å². The molecule has 0 fully saturated rings. The third-order valence-electron chi connectivity index (χ3n) is 1.17. The molecule has 0 saturated heterocycles. The minimum absolute atomic E-state index is 0.0943. The van der Waals surface area contributed by atoms with Crippen LogP contribution in [0, 0.1) is 0 Å². The van der Waals surface area contributed by atoms with Crippen molar-refractivity contribution in [2.24, 2.45) is 0 Å². The molecule has 1 amide bonds. The quantitative estimate of drug-likeness (QED) is 0.490. The largest absolute Gasteiger partial charge is 0.464 e. The van der Waals surface area contributed by atoms with Gasteiger partial charge in [-0.3, -0.25) is 4.79 Å². The summed E-state index contributed by atoms with van der Waals surface area (Å²) < 4.78 is 9.15. The van der Waals surface area contributed by atoms with E-state index in [1.807, 2.05) is 0 Å². The van der Waals surface area contributed by atoms with Gasteiger partial charge in [-0.2, -0.15) is 0 Å². The van der Waals surface area contributed by atoms with Gasteiger partial charge >= 0.3 is 5.97 Å². The molecule has 0 aliphatic rings. The van der Waals surface area contributed by atoms with E-state index in [-0.39, 0.29) is 18.2 Å². The van der Waals surface area contributed by atoms with Gasteiger partial charge < -0.3 is 14.8 Å². The topological polar surface area (TPSA) is 64.6 Å². The first kappa shape index (κ1) is 11.6. The van der Waals surface area contributed by atoms with E-state index in [9.17, 15) is 9.59 Å². The van der Waals surface area contributed by atoms with Crippen LogP contribution < -0.4 is 5.32 Å². The Kier molecular flexibility index (Phi) is 5.54. The minimum Gasteiger partial charge on any atom is -0.464 e. The van der Waals surface area contributed by atoms with Crippen LogP contribution in [0.5, 0.6) is 0 Å². The lowest BCUT2D eigenvalue weighted by molar-refractivity contribution is -0.137. The summed E-state index contributed by atoms with van der Waals surface area (Å²) >= 11 is 0. The molecule has 0 atom stereocenters. The summed E-state index contributed by atoms with van der Waals surface area (Å²) in [4.78, 5) is 21.6. The Morgan fingerprint density at radius 1 is 1.38 bits per heavy atom. The maximum absolute atomic E-state index is 11.0. The number of hydrogen-bond acceptors (Lipinski definition) is 4. The van der Waals surface area contributed by atoms with Crippen LogP contribution in [0.1, 0.15) is 6.92 Å². The number of methoxy groups -OCH3 is 2. The first-order valence-corrected chi connectivity index (χ1v) is 3.66. The summed E-state index contributed by atoms with van der Waals surface area (Å²) in [5.74, 6) is -0.917. The average molecular weight is 187 g/mol. The van der Waals surface area contributed by atoms with Crippen molar-refractivity contribution in [2.75, 3.05) is 20.8 Å². The Balaban J connectivity index is 4.35. The molecule has 13 heavy (non-hydrogen) atoms. The summed E-state index contributed by atoms with van der Waals surface area (Å²) in [7, 11) is 2.73. The van der Waals surface area contributed by atoms with E-state index in [4.69, 9.17) is 4.74 Å². The monoisotopic (exact) mass is 187 g/mol. The smallest absolute Gasteiger partial charge is 0.354 e. The van der Waals surface area contributed by atoms with Crippen LogP contribution in [0.3, 0.4) is 0 Å². The second-order valence-electron chi connectivity index (χ2n) is 2.25. The molecule has 5 heteroatoms. The van der Waals surface area contributed by atoms with Crippen LogP contribution in [-0.4, -0.2) is 32.7 Å². The second-order valence-corrected chi connectivity index (χ2v) is 2.25. The molecule has 1 N–H and O–H groups in total. The molecule has 0 saturated carbocycles. The highest BCUT2D eigenvalue weighted by Gasteiger charge is 2.09. The maximum atomic E-state index is 11.0. The number of carbonyl (C=O) groups excluding carboxylic acids is 2. The molecular formula is C8H13NO4. The van der Waals surface area contributed by atoms with E-state index in [0.717, 1.165) is 0 Å². The molecule has 74 valence electrons. The van der Waals surface area contributed by atoms with Gasteiger partial charge in [0.25, 0.3) is 0 Å². The van der Waals surface area contributed by atoms with Crippen LogP contribution in [0.2, 0.25) is 0 Å². The normalized spacial score (nSPS) is 10.8. The fraction of sp³-hybridized carbons (Fsp3) is 0.500. The Morgan fingerprint density at radius 2 is 2.00 bits per heavy atom. The molecule has 0 rings (SSSR count). The summed E-state index contributed by atoms with van der Waals surface area (Å²) in [6.45, 7) is 1.55. The number of hydrogen-bond donors (Lipinski definition) is 1. The standard InChI is InChI=1S/C8H13NO4/c1-6(10)9-7(4-5-12-2)8(11)13-3/h4H,5H2,1-3H3,(H,9,10). The van der Waals surface area contributed by atoms with E-state index in [2.05, 4.69) is 10.1 Å². The molecule has 0 aliphatic heterocycles. The van der Waals surface area contributed by atoms with Crippen molar-refractivity contribution in [3.63, 3.8) is 0 Å². The third-order valence-corrected chi connectivity index (χ3v) is 1.17. The number of ether oxygens (including phenoxy) is 2. The van der Waals surface area contributed by atoms with Crippen LogP contribution in [0.4, 0.5) is 0 Å². The van der Waals surface area contributed by atoms with E-state index >= 15 is 0 Å². The van der Waals surface area contributed by atoms with Gasteiger partial charge in [0.2, 0.25) is 5.91 Å². The lowest BCUT2D eigenvalue weighted by Crippen LogP contribution is -2.26. The maximum Gasteiger partial charge on any atom is 0.354 e. The van der Waals surface area contributed by atoms with Gasteiger partial charge in [-0.25, -0.2) is 4.79 Å². The third kappa shape index (κ3) is 4.97. The van der Waals surface area contributed by atoms with E-state index < -0.39 is 5.97 Å². The molecule has 0 heterocycles. The zero-order chi connectivity index (χ0) is 10.3. The minimum atomic E-state index is -0.591. The van der Waals surface area contributed by atoms with E-state index in [1.54, 1.807) is 0 Å². The summed E-state index contributed by atoms with van der Waals surface area (Å²) in [6, 6.07) is 0. The average Bonchev–Trinajstić information content (AvgIpc) is 2.10. The second kappa shape index (κ2) is 6.19. The molecule has 0 aromatic carbocycles. The van der Waals surface area contributed by atoms with Crippen molar-refractivity contribution in [3.8, 4) is 0 Å². The highest BCUT2D eigenvalue weighted by molar-refractivity contribution is 5.93. The predicted molar refractivity (Wildman–Crippen MR) is 45.8 cm³/mol.